The van der Waals surface area contributed by atoms with Crippen molar-refractivity contribution in [3.8, 4) is 11.3 Å². The molecule has 2 heteroatoms. The fourth-order valence-electron chi connectivity index (χ4n) is 1.99. The van der Waals surface area contributed by atoms with Crippen LogP contribution in [0.15, 0.2) is 60.8 Å². The molecule has 3 aromatic rings. The Morgan fingerprint density at radius 3 is 2.65 bits per heavy atom. The Labute approximate surface area is 98.6 Å². The highest BCUT2D eigenvalue weighted by Crippen LogP contribution is 2.26. The number of halogens is 1. The Balaban J connectivity index is 2.30. The van der Waals surface area contributed by atoms with Gasteiger partial charge >= 0.3 is 0 Å². The predicted molar refractivity (Wildman–Crippen MR) is 67.1 cm³/mol. The molecule has 17 heavy (non-hydrogen) atoms. The number of aromatic nitrogens is 1. The van der Waals surface area contributed by atoms with E-state index in [1.807, 2.05) is 36.4 Å². The van der Waals surface area contributed by atoms with Gasteiger partial charge in [-0.25, -0.2) is 4.39 Å². The summed E-state index contributed by atoms with van der Waals surface area (Å²) >= 11 is 0. The Kier molecular flexibility index (Phi) is 2.33. The van der Waals surface area contributed by atoms with Gasteiger partial charge in [-0.2, -0.15) is 0 Å². The zero-order chi connectivity index (χ0) is 11.7. The van der Waals surface area contributed by atoms with Gasteiger partial charge in [-0.15, -0.1) is 0 Å². The summed E-state index contributed by atoms with van der Waals surface area (Å²) in [6.07, 6.45) is 1.75. The molecule has 3 rings (SSSR count). The molecule has 0 aliphatic rings. The fraction of sp³-hybridized carbons (Fsp3) is 0. The van der Waals surface area contributed by atoms with Crippen LogP contribution in [0.5, 0.6) is 0 Å². The van der Waals surface area contributed by atoms with Gasteiger partial charge in [0.1, 0.15) is 5.82 Å². The SMILES string of the molecule is Fc1cccc(-c2nccc3ccccc23)c1. The molecule has 0 N–H and O–H groups in total. The Morgan fingerprint density at radius 1 is 0.882 bits per heavy atom. The highest BCUT2D eigenvalue weighted by atomic mass is 19.1. The van der Waals surface area contributed by atoms with Crippen LogP contribution in [0.2, 0.25) is 0 Å². The second-order valence-electron chi connectivity index (χ2n) is 3.89. The molecule has 1 heterocycles. The molecule has 0 saturated carbocycles. The van der Waals surface area contributed by atoms with Gasteiger partial charge in [0.15, 0.2) is 0 Å². The largest absolute Gasteiger partial charge is 0.256 e. The number of nitrogens with zero attached hydrogens (tertiary/aromatic N) is 1. The molecule has 1 aromatic heterocycles. The predicted octanol–water partition coefficient (Wildman–Crippen LogP) is 4.04. The molecule has 0 atom stereocenters. The molecular formula is C15H10FN. The highest BCUT2D eigenvalue weighted by molar-refractivity contribution is 5.94. The summed E-state index contributed by atoms with van der Waals surface area (Å²) in [7, 11) is 0. The van der Waals surface area contributed by atoms with E-state index in [9.17, 15) is 4.39 Å². The number of hydrogen-bond donors (Lipinski definition) is 0. The van der Waals surface area contributed by atoms with E-state index < -0.39 is 0 Å². The summed E-state index contributed by atoms with van der Waals surface area (Å²) in [6, 6.07) is 16.5. The molecular weight excluding hydrogens is 213 g/mol. The van der Waals surface area contributed by atoms with Gasteiger partial charge in [0.2, 0.25) is 0 Å². The molecule has 0 radical (unpaired) electrons. The number of hydrogen-bond acceptors (Lipinski definition) is 1. The van der Waals surface area contributed by atoms with Gasteiger partial charge in [-0.05, 0) is 23.6 Å². The Bertz CT molecular complexity index is 671. The lowest BCUT2D eigenvalue weighted by Crippen LogP contribution is -1.86. The first-order valence-corrected chi connectivity index (χ1v) is 5.44. The second-order valence-corrected chi connectivity index (χ2v) is 3.89. The number of benzene rings is 2. The van der Waals surface area contributed by atoms with Crippen LogP contribution in [-0.2, 0) is 0 Å². The van der Waals surface area contributed by atoms with Crippen molar-refractivity contribution in [2.45, 2.75) is 0 Å². The molecule has 0 aliphatic heterocycles. The van der Waals surface area contributed by atoms with Crippen LogP contribution in [0, 0.1) is 5.82 Å². The standard InChI is InChI=1S/C15H10FN/c16-13-6-3-5-12(10-13)15-14-7-2-1-4-11(14)8-9-17-15/h1-10H. The van der Waals surface area contributed by atoms with Crippen molar-refractivity contribution in [1.82, 2.24) is 4.98 Å². The quantitative estimate of drug-likeness (QED) is 0.606. The maximum absolute atomic E-state index is 13.2. The van der Waals surface area contributed by atoms with E-state index in [1.165, 1.54) is 12.1 Å². The first-order chi connectivity index (χ1) is 8.34. The highest BCUT2D eigenvalue weighted by Gasteiger charge is 2.05. The smallest absolute Gasteiger partial charge is 0.123 e. The minimum Gasteiger partial charge on any atom is -0.256 e. The summed E-state index contributed by atoms with van der Waals surface area (Å²) in [5.74, 6) is -0.239. The summed E-state index contributed by atoms with van der Waals surface area (Å²) in [5.41, 5.74) is 1.63. The lowest BCUT2D eigenvalue weighted by molar-refractivity contribution is 0.628. The molecule has 0 aliphatic carbocycles. The van der Waals surface area contributed by atoms with Gasteiger partial charge in [-0.3, -0.25) is 4.98 Å². The van der Waals surface area contributed by atoms with Crippen molar-refractivity contribution < 1.29 is 4.39 Å². The minimum atomic E-state index is -0.239. The van der Waals surface area contributed by atoms with Crippen LogP contribution in [0.1, 0.15) is 0 Å². The van der Waals surface area contributed by atoms with Gasteiger partial charge in [-0.1, -0.05) is 36.4 Å². The van der Waals surface area contributed by atoms with Gasteiger partial charge in [0.05, 0.1) is 5.69 Å². The van der Waals surface area contributed by atoms with E-state index in [1.54, 1.807) is 12.3 Å². The molecule has 0 amide bonds. The van der Waals surface area contributed by atoms with Crippen molar-refractivity contribution in [2.24, 2.45) is 0 Å². The van der Waals surface area contributed by atoms with Crippen LogP contribution in [-0.4, -0.2) is 4.98 Å². The molecule has 0 saturated heterocycles. The van der Waals surface area contributed by atoms with Gasteiger partial charge < -0.3 is 0 Å². The number of pyridine rings is 1. The zero-order valence-corrected chi connectivity index (χ0v) is 9.10. The minimum absolute atomic E-state index is 0.239. The molecule has 0 bridgehead atoms. The molecule has 0 fully saturated rings. The van der Waals surface area contributed by atoms with Crippen molar-refractivity contribution >= 4 is 10.8 Å². The van der Waals surface area contributed by atoms with E-state index in [-0.39, 0.29) is 5.82 Å². The lowest BCUT2D eigenvalue weighted by atomic mass is 10.0. The monoisotopic (exact) mass is 223 g/mol. The molecule has 82 valence electrons. The van der Waals surface area contributed by atoms with Crippen LogP contribution >= 0.6 is 0 Å². The molecule has 0 spiro atoms. The molecule has 0 unspecified atom stereocenters. The summed E-state index contributed by atoms with van der Waals surface area (Å²) in [4.78, 5) is 4.35. The lowest BCUT2D eigenvalue weighted by Gasteiger charge is -2.05. The average molecular weight is 223 g/mol. The van der Waals surface area contributed by atoms with E-state index in [4.69, 9.17) is 0 Å². The molecule has 1 nitrogen and oxygen atoms in total. The van der Waals surface area contributed by atoms with Crippen molar-refractivity contribution in [3.63, 3.8) is 0 Å². The van der Waals surface area contributed by atoms with E-state index in [2.05, 4.69) is 4.98 Å². The normalized spacial score (nSPS) is 10.6. The van der Waals surface area contributed by atoms with Crippen LogP contribution in [0.4, 0.5) is 4.39 Å². The summed E-state index contributed by atoms with van der Waals surface area (Å²) < 4.78 is 13.2. The number of rotatable bonds is 1. The first kappa shape index (κ1) is 9.97. The van der Waals surface area contributed by atoms with Crippen molar-refractivity contribution in [3.05, 3.63) is 66.6 Å². The maximum Gasteiger partial charge on any atom is 0.123 e. The average Bonchev–Trinajstić information content (AvgIpc) is 2.38. The third-order valence-corrected chi connectivity index (χ3v) is 2.77. The Morgan fingerprint density at radius 2 is 1.76 bits per heavy atom. The zero-order valence-electron chi connectivity index (χ0n) is 9.10. The fourth-order valence-corrected chi connectivity index (χ4v) is 1.99. The van der Waals surface area contributed by atoms with Crippen LogP contribution < -0.4 is 0 Å². The van der Waals surface area contributed by atoms with E-state index >= 15 is 0 Å². The van der Waals surface area contributed by atoms with Gasteiger partial charge in [0, 0.05) is 17.1 Å². The van der Waals surface area contributed by atoms with E-state index in [0.717, 1.165) is 22.0 Å². The Hall–Kier alpha value is -2.22. The van der Waals surface area contributed by atoms with Crippen molar-refractivity contribution in [1.29, 1.82) is 0 Å². The summed E-state index contributed by atoms with van der Waals surface area (Å²) in [6.45, 7) is 0. The van der Waals surface area contributed by atoms with Gasteiger partial charge in [0.25, 0.3) is 0 Å². The van der Waals surface area contributed by atoms with Crippen molar-refractivity contribution in [2.75, 3.05) is 0 Å². The second kappa shape index (κ2) is 3.98. The molecule has 2 aromatic carbocycles. The first-order valence-electron chi connectivity index (χ1n) is 5.44. The third-order valence-electron chi connectivity index (χ3n) is 2.77. The van der Waals surface area contributed by atoms with Crippen LogP contribution in [0.25, 0.3) is 22.0 Å². The summed E-state index contributed by atoms with van der Waals surface area (Å²) in [5, 5.41) is 2.15. The van der Waals surface area contributed by atoms with Crippen LogP contribution in [0.3, 0.4) is 0 Å². The third kappa shape index (κ3) is 1.78. The number of fused-ring (bicyclic) bond motifs is 1. The maximum atomic E-state index is 13.2. The van der Waals surface area contributed by atoms with E-state index in [0.29, 0.717) is 0 Å². The topological polar surface area (TPSA) is 12.9 Å².